The highest BCUT2D eigenvalue weighted by Crippen LogP contribution is 2.38. The molecule has 0 aliphatic heterocycles. The van der Waals surface area contributed by atoms with Crippen molar-refractivity contribution in [1.29, 1.82) is 0 Å². The summed E-state index contributed by atoms with van der Waals surface area (Å²) in [5, 5.41) is 2.45. The summed E-state index contributed by atoms with van der Waals surface area (Å²) in [6.07, 6.45) is -10.3. The lowest BCUT2D eigenvalue weighted by molar-refractivity contribution is -0.152. The summed E-state index contributed by atoms with van der Waals surface area (Å²) in [7, 11) is 0. The van der Waals surface area contributed by atoms with Crippen molar-refractivity contribution in [2.24, 2.45) is 0 Å². The molecule has 0 radical (unpaired) electrons. The summed E-state index contributed by atoms with van der Waals surface area (Å²) in [5.74, 6) is -2.69. The molecular weight excluding hydrogens is 443 g/mol. The normalized spacial score (nSPS) is 12.2. The molecule has 1 heterocycles. The lowest BCUT2D eigenvalue weighted by atomic mass is 10.1. The van der Waals surface area contributed by atoms with Gasteiger partial charge in [0.25, 0.3) is 0 Å². The molecular formula is C15H8Cl3F6N3. The monoisotopic (exact) mass is 449 g/mol. The highest BCUT2D eigenvalue weighted by atomic mass is 35.5. The molecule has 27 heavy (non-hydrogen) atoms. The van der Waals surface area contributed by atoms with Gasteiger partial charge in [0, 0.05) is 21.8 Å². The van der Waals surface area contributed by atoms with Crippen LogP contribution in [0.4, 0.5) is 32.2 Å². The third-order valence-electron chi connectivity index (χ3n) is 3.25. The fraction of sp³-hybridized carbons (Fsp3) is 0.200. The molecule has 2 rings (SSSR count). The van der Waals surface area contributed by atoms with E-state index in [9.17, 15) is 26.3 Å². The minimum Gasteiger partial charge on any atom is -0.340 e. The second-order valence-corrected chi connectivity index (χ2v) is 6.46. The Morgan fingerprint density at radius 3 is 1.93 bits per heavy atom. The molecule has 1 aromatic heterocycles. The second-order valence-electron chi connectivity index (χ2n) is 5.21. The van der Waals surface area contributed by atoms with Crippen molar-refractivity contribution < 1.29 is 26.3 Å². The van der Waals surface area contributed by atoms with Crippen molar-refractivity contribution in [3.05, 3.63) is 56.4 Å². The summed E-state index contributed by atoms with van der Waals surface area (Å²) in [6.45, 7) is 4.47. The Labute approximate surface area is 164 Å². The van der Waals surface area contributed by atoms with Crippen molar-refractivity contribution >= 4 is 46.3 Å². The standard InChI is InChI=1S/C15H8Cl3F6N3/c1-5-11(14(19,20)21)26-13(15(22,23)24)27-12(5)25-6(2)10-8(17)3-7(16)4-9(10)18/h3-4H,2H2,1H3,(H,25,26,27). The number of hydrogen-bond acceptors (Lipinski definition) is 3. The van der Waals surface area contributed by atoms with Gasteiger partial charge in [-0.05, 0) is 19.1 Å². The first-order valence-corrected chi connectivity index (χ1v) is 7.99. The minimum absolute atomic E-state index is 0.0104. The molecule has 0 amide bonds. The van der Waals surface area contributed by atoms with Crippen LogP contribution in [0, 0.1) is 6.92 Å². The molecule has 2 aromatic rings. The van der Waals surface area contributed by atoms with E-state index in [1.54, 1.807) is 0 Å². The van der Waals surface area contributed by atoms with Gasteiger partial charge in [-0.15, -0.1) is 0 Å². The van der Waals surface area contributed by atoms with E-state index in [-0.39, 0.29) is 26.3 Å². The molecule has 0 spiro atoms. The van der Waals surface area contributed by atoms with E-state index in [2.05, 4.69) is 21.9 Å². The van der Waals surface area contributed by atoms with Crippen molar-refractivity contribution in [2.75, 3.05) is 5.32 Å². The molecule has 146 valence electrons. The molecule has 1 aromatic carbocycles. The Balaban J connectivity index is 2.57. The zero-order valence-electron chi connectivity index (χ0n) is 13.2. The summed E-state index contributed by atoms with van der Waals surface area (Å²) < 4.78 is 77.9. The summed E-state index contributed by atoms with van der Waals surface area (Å²) in [5.41, 5.74) is -2.51. The van der Waals surface area contributed by atoms with Crippen LogP contribution < -0.4 is 5.32 Å². The average molecular weight is 451 g/mol. The van der Waals surface area contributed by atoms with Crippen LogP contribution in [0.15, 0.2) is 18.7 Å². The zero-order chi connectivity index (χ0) is 20.7. The summed E-state index contributed by atoms with van der Waals surface area (Å²) in [6, 6.07) is 2.57. The van der Waals surface area contributed by atoms with Crippen LogP contribution in [-0.2, 0) is 12.4 Å². The number of nitrogens with one attached hydrogen (secondary N) is 1. The van der Waals surface area contributed by atoms with E-state index >= 15 is 0 Å². The number of benzene rings is 1. The lowest BCUT2D eigenvalue weighted by Gasteiger charge is -2.18. The van der Waals surface area contributed by atoms with Crippen molar-refractivity contribution in [3.63, 3.8) is 0 Å². The number of rotatable bonds is 3. The van der Waals surface area contributed by atoms with Crippen molar-refractivity contribution in [1.82, 2.24) is 9.97 Å². The van der Waals surface area contributed by atoms with Crippen LogP contribution in [0.1, 0.15) is 22.6 Å². The highest BCUT2D eigenvalue weighted by Gasteiger charge is 2.42. The summed E-state index contributed by atoms with van der Waals surface area (Å²) in [4.78, 5) is 5.74. The highest BCUT2D eigenvalue weighted by molar-refractivity contribution is 6.40. The van der Waals surface area contributed by atoms with Crippen LogP contribution in [0.25, 0.3) is 5.70 Å². The van der Waals surface area contributed by atoms with E-state index in [0.717, 1.165) is 6.92 Å². The number of nitrogens with zero attached hydrogens (tertiary/aromatic N) is 2. The van der Waals surface area contributed by atoms with Gasteiger partial charge in [0.05, 0.1) is 10.0 Å². The van der Waals surface area contributed by atoms with E-state index in [4.69, 9.17) is 34.8 Å². The molecule has 0 saturated carbocycles. The Bertz CT molecular complexity index is 886. The largest absolute Gasteiger partial charge is 0.451 e. The number of hydrogen-bond donors (Lipinski definition) is 1. The van der Waals surface area contributed by atoms with Crippen LogP contribution >= 0.6 is 34.8 Å². The first-order chi connectivity index (χ1) is 12.2. The lowest BCUT2D eigenvalue weighted by Crippen LogP contribution is -2.20. The quantitative estimate of drug-likeness (QED) is 0.519. The molecule has 3 nitrogen and oxygen atoms in total. The van der Waals surface area contributed by atoms with Crippen molar-refractivity contribution in [2.45, 2.75) is 19.3 Å². The van der Waals surface area contributed by atoms with E-state index in [1.165, 1.54) is 12.1 Å². The maximum absolute atomic E-state index is 13.1. The Morgan fingerprint density at radius 1 is 0.963 bits per heavy atom. The third-order valence-corrected chi connectivity index (χ3v) is 4.06. The summed E-state index contributed by atoms with van der Waals surface area (Å²) >= 11 is 17.7. The Kier molecular flexibility index (Phi) is 5.89. The first-order valence-electron chi connectivity index (χ1n) is 6.85. The molecule has 12 heteroatoms. The van der Waals surface area contributed by atoms with Gasteiger partial charge < -0.3 is 5.32 Å². The molecule has 0 aliphatic carbocycles. The van der Waals surface area contributed by atoms with Crippen LogP contribution in [0.3, 0.4) is 0 Å². The van der Waals surface area contributed by atoms with Crippen LogP contribution in [0.5, 0.6) is 0 Å². The van der Waals surface area contributed by atoms with Gasteiger partial charge in [-0.3, -0.25) is 0 Å². The van der Waals surface area contributed by atoms with Crippen LogP contribution in [0.2, 0.25) is 15.1 Å². The minimum atomic E-state index is -5.19. The smallest absolute Gasteiger partial charge is 0.340 e. The van der Waals surface area contributed by atoms with Gasteiger partial charge in [-0.2, -0.15) is 26.3 Å². The first kappa shape index (κ1) is 21.6. The van der Waals surface area contributed by atoms with Crippen LogP contribution in [-0.4, -0.2) is 9.97 Å². The maximum Gasteiger partial charge on any atom is 0.451 e. The van der Waals surface area contributed by atoms with Gasteiger partial charge in [-0.1, -0.05) is 41.4 Å². The molecule has 0 bridgehead atoms. The molecule has 0 aliphatic rings. The molecule has 0 saturated heterocycles. The van der Waals surface area contributed by atoms with E-state index < -0.39 is 35.3 Å². The molecule has 0 unspecified atom stereocenters. The predicted molar refractivity (Wildman–Crippen MR) is 90.9 cm³/mol. The molecule has 0 atom stereocenters. The SMILES string of the molecule is C=C(Nc1nc(C(F)(F)F)nc(C(F)(F)F)c1C)c1c(Cl)cc(Cl)cc1Cl. The van der Waals surface area contributed by atoms with Gasteiger partial charge in [0.1, 0.15) is 5.82 Å². The molecule has 0 fully saturated rings. The topological polar surface area (TPSA) is 37.8 Å². The Hall–Kier alpha value is -1.71. The zero-order valence-corrected chi connectivity index (χ0v) is 15.4. The van der Waals surface area contributed by atoms with E-state index in [0.29, 0.717) is 0 Å². The number of aromatic nitrogens is 2. The van der Waals surface area contributed by atoms with E-state index in [1.807, 2.05) is 0 Å². The maximum atomic E-state index is 13.1. The van der Waals surface area contributed by atoms with Gasteiger partial charge in [0.2, 0.25) is 5.82 Å². The van der Waals surface area contributed by atoms with Gasteiger partial charge >= 0.3 is 12.4 Å². The number of alkyl halides is 6. The number of anilines is 1. The molecule has 1 N–H and O–H groups in total. The predicted octanol–water partition coefficient (Wildman–Crippen LogP) is 6.87. The second kappa shape index (κ2) is 7.37. The average Bonchev–Trinajstić information content (AvgIpc) is 2.45. The third kappa shape index (κ3) is 4.77. The fourth-order valence-corrected chi connectivity index (χ4v) is 3.12. The fourth-order valence-electron chi connectivity index (χ4n) is 2.08. The van der Waals surface area contributed by atoms with Gasteiger partial charge in [-0.25, -0.2) is 9.97 Å². The number of halogens is 9. The van der Waals surface area contributed by atoms with Crippen molar-refractivity contribution in [3.8, 4) is 0 Å². The Morgan fingerprint density at radius 2 is 1.48 bits per heavy atom. The van der Waals surface area contributed by atoms with Gasteiger partial charge in [0.15, 0.2) is 5.69 Å².